The molecule has 1 heterocycles. The zero-order valence-corrected chi connectivity index (χ0v) is 14.4. The van der Waals surface area contributed by atoms with E-state index in [1.807, 2.05) is 19.1 Å². The molecular weight excluding hydrogens is 294 g/mol. The lowest BCUT2D eigenvalue weighted by atomic mass is 10.2. The van der Waals surface area contributed by atoms with Crippen LogP contribution in [-0.4, -0.2) is 50.2 Å². The number of likely N-dealkylation sites (N-methyl/N-ethyl adjacent to an activating group) is 1. The van der Waals surface area contributed by atoms with Gasteiger partial charge in [-0.1, -0.05) is 0 Å². The molecule has 1 N–H and O–H groups in total. The predicted octanol–water partition coefficient (Wildman–Crippen LogP) is 2.90. The first-order chi connectivity index (χ1) is 10.7. The Hall–Kier alpha value is -1.43. The minimum absolute atomic E-state index is 0.695. The molecule has 120 valence electrons. The molecule has 2 rings (SSSR count). The van der Waals surface area contributed by atoms with Gasteiger partial charge in [-0.2, -0.15) is 0 Å². The summed E-state index contributed by atoms with van der Waals surface area (Å²) in [6.07, 6.45) is 0.981. The van der Waals surface area contributed by atoms with E-state index in [2.05, 4.69) is 41.8 Å². The Balaban J connectivity index is 1.83. The van der Waals surface area contributed by atoms with Crippen LogP contribution in [0.5, 0.6) is 5.75 Å². The number of rotatable bonds is 9. The first-order valence-corrected chi connectivity index (χ1v) is 8.60. The number of thiazole rings is 1. The van der Waals surface area contributed by atoms with Crippen molar-refractivity contribution in [2.75, 3.05) is 40.3 Å². The number of ether oxygens (including phenoxy) is 1. The second-order valence-corrected chi connectivity index (χ2v) is 6.33. The molecule has 1 aromatic heterocycles. The van der Waals surface area contributed by atoms with Crippen LogP contribution in [0.2, 0.25) is 0 Å². The molecule has 2 aromatic rings. The Morgan fingerprint density at radius 3 is 2.64 bits per heavy atom. The van der Waals surface area contributed by atoms with E-state index in [1.54, 1.807) is 11.3 Å². The minimum Gasteiger partial charge on any atom is -0.494 e. The van der Waals surface area contributed by atoms with Gasteiger partial charge in [-0.05, 0) is 45.3 Å². The van der Waals surface area contributed by atoms with E-state index < -0.39 is 0 Å². The highest BCUT2D eigenvalue weighted by Gasteiger charge is 2.05. The molecule has 0 fully saturated rings. The lowest BCUT2D eigenvalue weighted by Gasteiger charge is -2.09. The summed E-state index contributed by atoms with van der Waals surface area (Å²) < 4.78 is 5.47. The average Bonchev–Trinajstić information content (AvgIpc) is 2.96. The van der Waals surface area contributed by atoms with Gasteiger partial charge in [-0.25, -0.2) is 4.98 Å². The number of nitrogens with zero attached hydrogens (tertiary/aromatic N) is 2. The molecule has 0 atom stereocenters. The van der Waals surface area contributed by atoms with Gasteiger partial charge in [-0.3, -0.25) is 0 Å². The SMILES string of the molecule is CCOc1ccc(-c2csc(CCNCCN(C)C)n2)cc1. The second-order valence-electron chi connectivity index (χ2n) is 5.39. The van der Waals surface area contributed by atoms with Crippen molar-refractivity contribution >= 4 is 11.3 Å². The van der Waals surface area contributed by atoms with E-state index >= 15 is 0 Å². The quantitative estimate of drug-likeness (QED) is 0.721. The first-order valence-electron chi connectivity index (χ1n) is 7.72. The van der Waals surface area contributed by atoms with E-state index in [4.69, 9.17) is 9.72 Å². The Labute approximate surface area is 137 Å². The molecular formula is C17H25N3OS. The van der Waals surface area contributed by atoms with Gasteiger partial charge in [0, 0.05) is 37.0 Å². The van der Waals surface area contributed by atoms with Gasteiger partial charge in [-0.15, -0.1) is 11.3 Å². The van der Waals surface area contributed by atoms with Gasteiger partial charge in [0.1, 0.15) is 5.75 Å². The van der Waals surface area contributed by atoms with Crippen molar-refractivity contribution < 1.29 is 4.74 Å². The Morgan fingerprint density at radius 2 is 1.95 bits per heavy atom. The van der Waals surface area contributed by atoms with Gasteiger partial charge >= 0.3 is 0 Å². The largest absolute Gasteiger partial charge is 0.494 e. The molecule has 0 bridgehead atoms. The van der Waals surface area contributed by atoms with Crippen molar-refractivity contribution in [2.24, 2.45) is 0 Å². The Bertz CT molecular complexity index is 551. The topological polar surface area (TPSA) is 37.4 Å². The number of nitrogens with one attached hydrogen (secondary N) is 1. The molecule has 4 nitrogen and oxygen atoms in total. The highest BCUT2D eigenvalue weighted by atomic mass is 32.1. The van der Waals surface area contributed by atoms with E-state index in [0.717, 1.165) is 43.1 Å². The lowest BCUT2D eigenvalue weighted by molar-refractivity contribution is 0.340. The summed E-state index contributed by atoms with van der Waals surface area (Å²) in [6, 6.07) is 8.14. The Kier molecular flexibility index (Phi) is 6.83. The fourth-order valence-corrected chi connectivity index (χ4v) is 2.88. The molecule has 0 aliphatic carbocycles. The standard InChI is InChI=1S/C17H25N3OS/c1-4-21-15-7-5-14(6-8-15)16-13-22-17(19-16)9-10-18-11-12-20(2)3/h5-8,13,18H,4,9-12H2,1-3H3. The van der Waals surface area contributed by atoms with Crippen LogP contribution < -0.4 is 10.1 Å². The molecule has 22 heavy (non-hydrogen) atoms. The van der Waals surface area contributed by atoms with Crippen LogP contribution in [0.15, 0.2) is 29.6 Å². The van der Waals surface area contributed by atoms with E-state index in [-0.39, 0.29) is 0 Å². The summed E-state index contributed by atoms with van der Waals surface area (Å²) in [5, 5.41) is 6.76. The second kappa shape index (κ2) is 8.88. The van der Waals surface area contributed by atoms with Gasteiger partial charge in [0.05, 0.1) is 17.3 Å². The van der Waals surface area contributed by atoms with Gasteiger partial charge in [0.15, 0.2) is 0 Å². The van der Waals surface area contributed by atoms with E-state index in [9.17, 15) is 0 Å². The molecule has 0 unspecified atom stereocenters. The van der Waals surface area contributed by atoms with Crippen molar-refractivity contribution in [3.05, 3.63) is 34.7 Å². The van der Waals surface area contributed by atoms with Crippen LogP contribution in [0.3, 0.4) is 0 Å². The van der Waals surface area contributed by atoms with Crippen LogP contribution >= 0.6 is 11.3 Å². The molecule has 0 spiro atoms. The number of hydrogen-bond donors (Lipinski definition) is 1. The zero-order chi connectivity index (χ0) is 15.8. The van der Waals surface area contributed by atoms with Gasteiger partial charge in [0.25, 0.3) is 0 Å². The van der Waals surface area contributed by atoms with Crippen LogP contribution in [0, 0.1) is 0 Å². The zero-order valence-electron chi connectivity index (χ0n) is 13.6. The van der Waals surface area contributed by atoms with Crippen LogP contribution in [0.25, 0.3) is 11.3 Å². The molecule has 0 aliphatic rings. The Morgan fingerprint density at radius 1 is 1.18 bits per heavy atom. The van der Waals surface area contributed by atoms with Crippen LogP contribution in [0.4, 0.5) is 0 Å². The lowest BCUT2D eigenvalue weighted by Crippen LogP contribution is -2.27. The molecule has 0 saturated carbocycles. The first kappa shape index (κ1) is 16.9. The van der Waals surface area contributed by atoms with Crippen molar-refractivity contribution in [1.82, 2.24) is 15.2 Å². The van der Waals surface area contributed by atoms with E-state index in [1.165, 1.54) is 5.01 Å². The molecule has 5 heteroatoms. The number of hydrogen-bond acceptors (Lipinski definition) is 5. The summed E-state index contributed by atoms with van der Waals surface area (Å²) in [7, 11) is 4.18. The predicted molar refractivity (Wildman–Crippen MR) is 93.8 cm³/mol. The molecule has 1 aromatic carbocycles. The fourth-order valence-electron chi connectivity index (χ4n) is 2.07. The van der Waals surface area contributed by atoms with Crippen molar-refractivity contribution in [3.63, 3.8) is 0 Å². The summed E-state index contributed by atoms with van der Waals surface area (Å²) in [6.45, 7) is 5.75. The summed E-state index contributed by atoms with van der Waals surface area (Å²) in [4.78, 5) is 6.90. The number of benzene rings is 1. The van der Waals surface area contributed by atoms with E-state index in [0.29, 0.717) is 6.61 Å². The molecule has 0 radical (unpaired) electrons. The van der Waals surface area contributed by atoms with Crippen molar-refractivity contribution in [1.29, 1.82) is 0 Å². The summed E-state index contributed by atoms with van der Waals surface area (Å²) in [5.74, 6) is 0.909. The summed E-state index contributed by atoms with van der Waals surface area (Å²) >= 11 is 1.73. The van der Waals surface area contributed by atoms with Crippen LogP contribution in [0.1, 0.15) is 11.9 Å². The summed E-state index contributed by atoms with van der Waals surface area (Å²) in [5.41, 5.74) is 2.20. The highest BCUT2D eigenvalue weighted by Crippen LogP contribution is 2.24. The highest BCUT2D eigenvalue weighted by molar-refractivity contribution is 7.09. The normalized spacial score (nSPS) is 11.1. The maximum atomic E-state index is 5.47. The third-order valence-corrected chi connectivity index (χ3v) is 4.17. The average molecular weight is 319 g/mol. The monoisotopic (exact) mass is 319 g/mol. The maximum Gasteiger partial charge on any atom is 0.119 e. The third kappa shape index (κ3) is 5.40. The fraction of sp³-hybridized carbons (Fsp3) is 0.471. The smallest absolute Gasteiger partial charge is 0.119 e. The molecule has 0 saturated heterocycles. The minimum atomic E-state index is 0.695. The van der Waals surface area contributed by atoms with Gasteiger partial charge in [0.2, 0.25) is 0 Å². The van der Waals surface area contributed by atoms with Crippen molar-refractivity contribution in [3.8, 4) is 17.0 Å². The van der Waals surface area contributed by atoms with Crippen LogP contribution in [-0.2, 0) is 6.42 Å². The molecule has 0 amide bonds. The molecule has 0 aliphatic heterocycles. The third-order valence-electron chi connectivity index (χ3n) is 3.26. The number of aromatic nitrogens is 1. The van der Waals surface area contributed by atoms with Crippen molar-refractivity contribution in [2.45, 2.75) is 13.3 Å². The van der Waals surface area contributed by atoms with Gasteiger partial charge < -0.3 is 15.0 Å². The maximum absolute atomic E-state index is 5.47.